The first kappa shape index (κ1) is 12.4. The lowest BCUT2D eigenvalue weighted by molar-refractivity contribution is 0.0654. The van der Waals surface area contributed by atoms with E-state index in [1.807, 2.05) is 0 Å². The molecule has 0 amide bonds. The van der Waals surface area contributed by atoms with Crippen LogP contribution in [-0.2, 0) is 27.2 Å². The lowest BCUT2D eigenvalue weighted by Crippen LogP contribution is -2.17. The fourth-order valence-corrected chi connectivity index (χ4v) is 2.51. The van der Waals surface area contributed by atoms with Gasteiger partial charge in [0.05, 0.1) is 25.4 Å². The van der Waals surface area contributed by atoms with Crippen molar-refractivity contribution in [2.45, 2.75) is 26.1 Å². The number of hydrogen-bond donors (Lipinski definition) is 0. The van der Waals surface area contributed by atoms with Gasteiger partial charge in [-0.25, -0.2) is 0 Å². The summed E-state index contributed by atoms with van der Waals surface area (Å²) in [5.41, 5.74) is 0. The van der Waals surface area contributed by atoms with Crippen molar-refractivity contribution in [2.24, 2.45) is 0 Å². The number of rotatable bonds is 0. The first-order chi connectivity index (χ1) is 6.58. The molecule has 0 N–H and O–H groups in total. The third kappa shape index (κ3) is 4.69. The first-order valence-electron chi connectivity index (χ1n) is 4.24. The second kappa shape index (κ2) is 6.01. The zero-order valence-corrected chi connectivity index (χ0v) is 10.0. The Bertz CT molecular complexity index is 212. The van der Waals surface area contributed by atoms with Gasteiger partial charge in [-0.2, -0.15) is 0 Å². The smallest absolute Gasteiger partial charge is 0.308 e. The summed E-state index contributed by atoms with van der Waals surface area (Å²) in [5.74, 6) is 0. The maximum atomic E-state index is 11.2. The minimum Gasteiger partial charge on any atom is -0.308 e. The van der Waals surface area contributed by atoms with Gasteiger partial charge in [-0.15, -0.1) is 0 Å². The second-order valence-electron chi connectivity index (χ2n) is 2.98. The Morgan fingerprint density at radius 3 is 1.79 bits per heavy atom. The fourth-order valence-electron chi connectivity index (χ4n) is 0.837. The Hall–Kier alpha value is 0.300. The van der Waals surface area contributed by atoms with Crippen LogP contribution in [0.1, 0.15) is 13.8 Å². The quantitative estimate of drug-likeness (QED) is 0.603. The average Bonchev–Trinajstić information content (AvgIpc) is 2.10. The van der Waals surface area contributed by atoms with E-state index in [0.29, 0.717) is 0 Å². The van der Waals surface area contributed by atoms with Crippen LogP contribution in [0.3, 0.4) is 0 Å². The Kier molecular flexibility index (Phi) is 5.31. The van der Waals surface area contributed by atoms with E-state index in [1.54, 1.807) is 13.8 Å². The Morgan fingerprint density at radius 1 is 0.929 bits per heavy atom. The minimum absolute atomic E-state index is 0.0892. The average molecular weight is 244 g/mol. The van der Waals surface area contributed by atoms with E-state index < -0.39 is 28.7 Å². The van der Waals surface area contributed by atoms with Crippen LogP contribution in [0.5, 0.6) is 0 Å². The minimum atomic E-state index is -2.51. The first-order valence-corrected chi connectivity index (χ1v) is 6.69. The molecule has 0 aromatic heterocycles. The molecule has 0 spiro atoms. The number of hydrogen-bond acceptors (Lipinski definition) is 6. The summed E-state index contributed by atoms with van der Waals surface area (Å²) in [6, 6.07) is 0. The van der Waals surface area contributed by atoms with E-state index in [0.717, 1.165) is 0 Å². The van der Waals surface area contributed by atoms with E-state index in [1.165, 1.54) is 0 Å². The molecule has 0 aromatic carbocycles. The van der Waals surface area contributed by atoms with Crippen LogP contribution in [0.25, 0.3) is 0 Å². The van der Waals surface area contributed by atoms with Crippen LogP contribution in [0, 0.1) is 0 Å². The van der Waals surface area contributed by atoms with Gasteiger partial charge in [-0.1, -0.05) is 0 Å². The van der Waals surface area contributed by atoms with Crippen molar-refractivity contribution in [1.29, 1.82) is 0 Å². The molecule has 1 aliphatic heterocycles. The van der Waals surface area contributed by atoms with E-state index in [4.69, 9.17) is 18.1 Å². The highest BCUT2D eigenvalue weighted by Crippen LogP contribution is 2.33. The highest BCUT2D eigenvalue weighted by molar-refractivity contribution is 7.33. The van der Waals surface area contributed by atoms with E-state index >= 15 is 0 Å². The molecule has 0 bridgehead atoms. The molecule has 1 heterocycles. The summed E-state index contributed by atoms with van der Waals surface area (Å²) in [6.07, 6.45) is -0.825. The second-order valence-corrected chi connectivity index (χ2v) is 5.03. The maximum Gasteiger partial charge on any atom is 0.319 e. The highest BCUT2D eigenvalue weighted by Gasteiger charge is 2.16. The Labute approximate surface area is 83.8 Å². The third-order valence-corrected chi connectivity index (χ3v) is 3.46. The Balaban J connectivity index is 2.51. The predicted molar refractivity (Wildman–Crippen MR) is 51.0 cm³/mol. The molecule has 0 saturated carbocycles. The zero-order valence-electron chi connectivity index (χ0n) is 8.02. The normalized spacial score (nSPS) is 41.9. The van der Waals surface area contributed by atoms with Crippen molar-refractivity contribution in [3.05, 3.63) is 0 Å². The molecule has 84 valence electrons. The highest BCUT2D eigenvalue weighted by atomic mass is 31.1. The Morgan fingerprint density at radius 2 is 1.36 bits per heavy atom. The molecule has 14 heavy (non-hydrogen) atoms. The zero-order chi connectivity index (χ0) is 10.6. The molecule has 0 radical (unpaired) electrons. The standard InChI is InChI=1S/C6H14O6P2/c1-5-3-9-13(7)10-4-6(2)12-14(8)11-5/h5-6,13-14H,3-4H2,1-2H3. The summed E-state index contributed by atoms with van der Waals surface area (Å²) in [6.45, 7) is 3.50. The molecule has 1 aliphatic rings. The molecule has 1 saturated heterocycles. The van der Waals surface area contributed by atoms with Gasteiger partial charge < -0.3 is 18.1 Å². The van der Waals surface area contributed by atoms with Gasteiger partial charge in [0.1, 0.15) is 0 Å². The van der Waals surface area contributed by atoms with Crippen molar-refractivity contribution in [3.8, 4) is 0 Å². The molecule has 8 heteroatoms. The summed E-state index contributed by atoms with van der Waals surface area (Å²) >= 11 is 0. The summed E-state index contributed by atoms with van der Waals surface area (Å²) in [7, 11) is -4.98. The SMILES string of the molecule is CC1CO[PH](=O)OCC(C)O[PH](=O)O1. The van der Waals surface area contributed by atoms with Gasteiger partial charge in [-0.3, -0.25) is 9.13 Å². The van der Waals surface area contributed by atoms with Gasteiger partial charge in [0.2, 0.25) is 0 Å². The van der Waals surface area contributed by atoms with Crippen molar-refractivity contribution in [1.82, 2.24) is 0 Å². The van der Waals surface area contributed by atoms with E-state index in [2.05, 4.69) is 0 Å². The lowest BCUT2D eigenvalue weighted by Gasteiger charge is -2.18. The van der Waals surface area contributed by atoms with Crippen molar-refractivity contribution in [3.63, 3.8) is 0 Å². The third-order valence-electron chi connectivity index (χ3n) is 1.47. The van der Waals surface area contributed by atoms with Crippen LogP contribution >= 0.6 is 16.5 Å². The van der Waals surface area contributed by atoms with Crippen LogP contribution in [0.4, 0.5) is 0 Å². The molecule has 2 unspecified atom stereocenters. The van der Waals surface area contributed by atoms with Crippen LogP contribution < -0.4 is 0 Å². The van der Waals surface area contributed by atoms with Gasteiger partial charge in [0.25, 0.3) is 0 Å². The monoisotopic (exact) mass is 244 g/mol. The van der Waals surface area contributed by atoms with Crippen molar-refractivity contribution in [2.75, 3.05) is 13.2 Å². The maximum absolute atomic E-state index is 11.2. The van der Waals surface area contributed by atoms with Gasteiger partial charge in [-0.05, 0) is 13.8 Å². The predicted octanol–water partition coefficient (Wildman–Crippen LogP) is 1.62. The van der Waals surface area contributed by atoms with Gasteiger partial charge in [0, 0.05) is 0 Å². The van der Waals surface area contributed by atoms with E-state index in [-0.39, 0.29) is 13.2 Å². The van der Waals surface area contributed by atoms with Crippen LogP contribution in [0.2, 0.25) is 0 Å². The fraction of sp³-hybridized carbons (Fsp3) is 1.00. The van der Waals surface area contributed by atoms with Crippen molar-refractivity contribution < 1.29 is 27.2 Å². The van der Waals surface area contributed by atoms with E-state index in [9.17, 15) is 9.13 Å². The molecule has 2 atom stereocenters. The molecule has 0 aliphatic carbocycles. The molecular weight excluding hydrogens is 230 g/mol. The molecule has 1 rings (SSSR count). The topological polar surface area (TPSA) is 71.1 Å². The molecule has 0 aromatic rings. The van der Waals surface area contributed by atoms with Crippen LogP contribution in [0.15, 0.2) is 0 Å². The lowest BCUT2D eigenvalue weighted by atomic mass is 10.5. The molecule has 1 fully saturated rings. The van der Waals surface area contributed by atoms with Crippen molar-refractivity contribution >= 4 is 16.5 Å². The summed E-state index contributed by atoms with van der Waals surface area (Å²) in [4.78, 5) is 0. The summed E-state index contributed by atoms with van der Waals surface area (Å²) in [5, 5.41) is 0. The summed E-state index contributed by atoms with van der Waals surface area (Å²) < 4.78 is 41.8. The van der Waals surface area contributed by atoms with Gasteiger partial charge in [0.15, 0.2) is 0 Å². The van der Waals surface area contributed by atoms with Crippen LogP contribution in [-0.4, -0.2) is 25.4 Å². The van der Waals surface area contributed by atoms with Gasteiger partial charge >= 0.3 is 16.5 Å². The molecule has 6 nitrogen and oxygen atoms in total. The largest absolute Gasteiger partial charge is 0.319 e. The molecular formula is C6H14O6P2.